The second-order valence-electron chi connectivity index (χ2n) is 4.70. The highest BCUT2D eigenvalue weighted by molar-refractivity contribution is 8.16. The smallest absolute Gasteiger partial charge is 0.174 e. The van der Waals surface area contributed by atoms with Crippen LogP contribution in [0.5, 0.6) is 0 Å². The Kier molecular flexibility index (Phi) is 7.77. The van der Waals surface area contributed by atoms with Crippen LogP contribution in [0.15, 0.2) is 60.7 Å². The molecule has 2 rings (SSSR count). The van der Waals surface area contributed by atoms with E-state index >= 15 is 0 Å². The molecule has 122 valence electrons. The zero-order valence-electron chi connectivity index (χ0n) is 12.0. The molecule has 0 nitrogen and oxygen atoms in total. The van der Waals surface area contributed by atoms with Crippen molar-refractivity contribution < 1.29 is 8.78 Å². The zero-order valence-corrected chi connectivity index (χ0v) is 15.2. The van der Waals surface area contributed by atoms with Gasteiger partial charge in [0, 0.05) is 27.6 Å². The monoisotopic (exact) mass is 390 g/mol. The van der Waals surface area contributed by atoms with Crippen molar-refractivity contribution in [1.29, 1.82) is 0 Å². The first-order valence-corrected chi connectivity index (χ1v) is 9.63. The molecule has 0 bridgehead atoms. The molecule has 0 aliphatic carbocycles. The molecule has 0 radical (unpaired) electrons. The fourth-order valence-corrected chi connectivity index (χ4v) is 4.31. The van der Waals surface area contributed by atoms with Gasteiger partial charge in [0.15, 0.2) is 0 Å². The minimum Gasteiger partial charge on any atom is -0.174 e. The van der Waals surface area contributed by atoms with Crippen molar-refractivity contribution in [2.45, 2.75) is 16.1 Å². The minimum absolute atomic E-state index is 0.314. The Labute approximate surface area is 153 Å². The molecule has 2 aromatic rings. The highest BCUT2D eigenvalue weighted by atomic mass is 35.5. The third-order valence-electron chi connectivity index (χ3n) is 2.92. The van der Waals surface area contributed by atoms with Gasteiger partial charge >= 0.3 is 0 Å². The third kappa shape index (κ3) is 7.17. The lowest BCUT2D eigenvalue weighted by atomic mass is 10.2. The molecule has 0 atom stereocenters. The van der Waals surface area contributed by atoms with Crippen LogP contribution in [0, 0.1) is 0 Å². The second-order valence-corrected chi connectivity index (χ2v) is 8.13. The van der Waals surface area contributed by atoms with Crippen molar-refractivity contribution in [1.82, 2.24) is 0 Å². The molecule has 0 unspecified atom stereocenters. The van der Waals surface area contributed by atoms with Gasteiger partial charge in [-0.25, -0.2) is 0 Å². The van der Waals surface area contributed by atoms with Crippen molar-refractivity contribution in [2.75, 3.05) is 0 Å². The van der Waals surface area contributed by atoms with E-state index in [0.29, 0.717) is 21.6 Å². The Morgan fingerprint density at radius 3 is 1.57 bits per heavy atom. The first kappa shape index (κ1) is 18.7. The summed E-state index contributed by atoms with van der Waals surface area (Å²) in [4.78, 5) is 0. The van der Waals surface area contributed by atoms with E-state index in [1.165, 1.54) is 23.5 Å². The SMILES string of the molecule is FC(F)=CC(SCc1ccc(Cl)cc1)SCc1ccc(Cl)cc1. The summed E-state index contributed by atoms with van der Waals surface area (Å²) in [5.41, 5.74) is 2.12. The fourth-order valence-electron chi connectivity index (χ4n) is 1.77. The predicted octanol–water partition coefficient (Wildman–Crippen LogP) is 7.27. The van der Waals surface area contributed by atoms with E-state index in [4.69, 9.17) is 23.2 Å². The van der Waals surface area contributed by atoms with Gasteiger partial charge in [-0.1, -0.05) is 47.5 Å². The summed E-state index contributed by atoms with van der Waals surface area (Å²) < 4.78 is 25.0. The molecule has 0 saturated heterocycles. The molecule has 0 aromatic heterocycles. The number of thioether (sulfide) groups is 2. The molecule has 0 aliphatic rings. The Morgan fingerprint density at radius 1 is 0.826 bits per heavy atom. The molecule has 0 N–H and O–H groups in total. The van der Waals surface area contributed by atoms with Crippen LogP contribution in [0.4, 0.5) is 8.78 Å². The van der Waals surface area contributed by atoms with Crippen molar-refractivity contribution >= 4 is 46.7 Å². The lowest BCUT2D eigenvalue weighted by molar-refractivity contribution is 0.420. The van der Waals surface area contributed by atoms with Gasteiger partial charge < -0.3 is 0 Å². The van der Waals surface area contributed by atoms with Crippen LogP contribution in [0.2, 0.25) is 10.0 Å². The lowest BCUT2D eigenvalue weighted by Crippen LogP contribution is -1.95. The summed E-state index contributed by atoms with van der Waals surface area (Å²) in [6, 6.07) is 14.9. The molecule has 23 heavy (non-hydrogen) atoms. The number of benzene rings is 2. The maximum absolute atomic E-state index is 12.6. The largest absolute Gasteiger partial charge is 0.268 e. The summed E-state index contributed by atoms with van der Waals surface area (Å²) in [5.74, 6) is 1.30. The summed E-state index contributed by atoms with van der Waals surface area (Å²) in [7, 11) is 0. The molecule has 0 aliphatic heterocycles. The topological polar surface area (TPSA) is 0 Å². The molecule has 2 aromatic carbocycles. The summed E-state index contributed by atoms with van der Waals surface area (Å²) >= 11 is 14.6. The van der Waals surface area contributed by atoms with Crippen LogP contribution in [-0.2, 0) is 11.5 Å². The molecule has 6 heteroatoms. The Balaban J connectivity index is 1.92. The van der Waals surface area contributed by atoms with E-state index in [0.717, 1.165) is 17.2 Å². The van der Waals surface area contributed by atoms with Crippen molar-refractivity contribution in [3.63, 3.8) is 0 Å². The highest BCUT2D eigenvalue weighted by Gasteiger charge is 2.10. The quantitative estimate of drug-likeness (QED) is 0.455. The van der Waals surface area contributed by atoms with Crippen LogP contribution in [0.25, 0.3) is 0 Å². The lowest BCUT2D eigenvalue weighted by Gasteiger charge is -2.12. The average molecular weight is 391 g/mol. The molecule has 0 heterocycles. The first-order chi connectivity index (χ1) is 11.0. The molecular weight excluding hydrogens is 377 g/mol. The van der Waals surface area contributed by atoms with Gasteiger partial charge in [-0.15, -0.1) is 23.5 Å². The number of hydrogen-bond acceptors (Lipinski definition) is 2. The van der Waals surface area contributed by atoms with E-state index in [2.05, 4.69) is 0 Å². The number of halogens is 4. The molecule has 0 amide bonds. The van der Waals surface area contributed by atoms with Crippen LogP contribution in [0.3, 0.4) is 0 Å². The van der Waals surface area contributed by atoms with E-state index in [1.807, 2.05) is 24.3 Å². The predicted molar refractivity (Wildman–Crippen MR) is 99.6 cm³/mol. The standard InChI is InChI=1S/C17H14Cl2F2S2/c18-14-5-1-12(2-6-14)10-22-17(9-16(20)21)23-11-13-3-7-15(19)8-4-13/h1-9,17H,10-11H2. The Morgan fingerprint density at radius 2 is 1.22 bits per heavy atom. The van der Waals surface area contributed by atoms with Crippen LogP contribution >= 0.6 is 46.7 Å². The summed E-state index contributed by atoms with van der Waals surface area (Å²) in [5, 5.41) is 1.34. The Hall–Kier alpha value is -0.680. The third-order valence-corrected chi connectivity index (χ3v) is 6.17. The molecule has 0 spiro atoms. The van der Waals surface area contributed by atoms with Crippen molar-refractivity contribution in [3.05, 3.63) is 81.9 Å². The van der Waals surface area contributed by atoms with Gasteiger partial charge in [0.1, 0.15) is 0 Å². The molecule has 0 saturated carbocycles. The van der Waals surface area contributed by atoms with Gasteiger partial charge in [0.2, 0.25) is 0 Å². The van der Waals surface area contributed by atoms with Crippen molar-refractivity contribution in [2.24, 2.45) is 0 Å². The van der Waals surface area contributed by atoms with Gasteiger partial charge in [-0.3, -0.25) is 0 Å². The molecule has 0 fully saturated rings. The fraction of sp³-hybridized carbons (Fsp3) is 0.176. The normalized spacial score (nSPS) is 10.8. The van der Waals surface area contributed by atoms with Gasteiger partial charge in [0.25, 0.3) is 6.08 Å². The average Bonchev–Trinajstić information content (AvgIpc) is 2.52. The van der Waals surface area contributed by atoms with Gasteiger partial charge in [0.05, 0.1) is 4.58 Å². The second kappa shape index (κ2) is 9.58. The maximum atomic E-state index is 12.6. The van der Waals surface area contributed by atoms with Crippen LogP contribution in [0.1, 0.15) is 11.1 Å². The number of rotatable bonds is 7. The Bertz CT molecular complexity index is 589. The molecular formula is C17H14Cl2F2S2. The van der Waals surface area contributed by atoms with Crippen LogP contribution in [-0.4, -0.2) is 4.58 Å². The zero-order chi connectivity index (χ0) is 16.7. The minimum atomic E-state index is -1.65. The van der Waals surface area contributed by atoms with Gasteiger partial charge in [-0.2, -0.15) is 8.78 Å². The van der Waals surface area contributed by atoms with E-state index in [9.17, 15) is 8.78 Å². The van der Waals surface area contributed by atoms with Crippen molar-refractivity contribution in [3.8, 4) is 0 Å². The van der Waals surface area contributed by atoms with E-state index < -0.39 is 6.08 Å². The van der Waals surface area contributed by atoms with Crippen LogP contribution < -0.4 is 0 Å². The van der Waals surface area contributed by atoms with E-state index in [1.54, 1.807) is 24.3 Å². The highest BCUT2D eigenvalue weighted by Crippen LogP contribution is 2.32. The van der Waals surface area contributed by atoms with E-state index in [-0.39, 0.29) is 4.58 Å². The van der Waals surface area contributed by atoms with Gasteiger partial charge in [-0.05, 0) is 35.4 Å². The maximum Gasteiger partial charge on any atom is 0.268 e. The summed E-state index contributed by atoms with van der Waals surface area (Å²) in [6.45, 7) is 0. The summed E-state index contributed by atoms with van der Waals surface area (Å²) in [6.07, 6.45) is -0.650. The number of hydrogen-bond donors (Lipinski definition) is 0. The first-order valence-electron chi connectivity index (χ1n) is 6.78.